The molecule has 2 aliphatic rings. The molecular formula is C15H12ClN5. The number of hydrogen-bond donors (Lipinski definition) is 1. The van der Waals surface area contributed by atoms with Crippen molar-refractivity contribution in [2.75, 3.05) is 5.01 Å². The zero-order valence-corrected chi connectivity index (χ0v) is 12.0. The van der Waals surface area contributed by atoms with Crippen molar-refractivity contribution >= 4 is 23.6 Å². The normalized spacial score (nSPS) is 19.2. The Morgan fingerprint density at radius 2 is 2.00 bits per heavy atom. The molecule has 104 valence electrons. The summed E-state index contributed by atoms with van der Waals surface area (Å²) in [6, 6.07) is 9.99. The molecule has 5 nitrogen and oxygen atoms in total. The van der Waals surface area contributed by atoms with Crippen molar-refractivity contribution < 1.29 is 0 Å². The number of hydrogen-bond acceptors (Lipinski definition) is 5. The molecule has 2 aliphatic heterocycles. The summed E-state index contributed by atoms with van der Waals surface area (Å²) < 4.78 is 0. The van der Waals surface area contributed by atoms with Crippen molar-refractivity contribution in [3.05, 3.63) is 53.1 Å². The first-order valence-corrected chi connectivity index (χ1v) is 7.05. The zero-order chi connectivity index (χ0) is 14.4. The van der Waals surface area contributed by atoms with Gasteiger partial charge in [-0.1, -0.05) is 41.9 Å². The molecule has 4 rings (SSSR count). The van der Waals surface area contributed by atoms with Gasteiger partial charge in [-0.25, -0.2) is 25.4 Å². The number of fused-ring (bicyclic) bond motifs is 3. The van der Waals surface area contributed by atoms with Crippen molar-refractivity contribution in [3.8, 4) is 11.3 Å². The predicted molar refractivity (Wildman–Crippen MR) is 83.2 cm³/mol. The van der Waals surface area contributed by atoms with Crippen LogP contribution in [0.15, 0.2) is 47.2 Å². The Morgan fingerprint density at radius 3 is 2.81 bits per heavy atom. The lowest BCUT2D eigenvalue weighted by Crippen LogP contribution is -2.38. The molecule has 0 amide bonds. The van der Waals surface area contributed by atoms with Gasteiger partial charge in [0.05, 0.1) is 6.21 Å². The summed E-state index contributed by atoms with van der Waals surface area (Å²) in [5.41, 5.74) is 5.58. The lowest BCUT2D eigenvalue weighted by atomic mass is 10.1. The largest absolute Gasteiger partial charge is 0.240 e. The molecule has 0 spiro atoms. The third-order valence-electron chi connectivity index (χ3n) is 3.40. The molecule has 0 bridgehead atoms. The average Bonchev–Trinajstić information content (AvgIpc) is 2.88. The van der Waals surface area contributed by atoms with Gasteiger partial charge in [0.2, 0.25) is 0 Å². The van der Waals surface area contributed by atoms with Gasteiger partial charge in [0, 0.05) is 11.6 Å². The van der Waals surface area contributed by atoms with Crippen LogP contribution in [0.2, 0.25) is 5.15 Å². The van der Waals surface area contributed by atoms with Crippen LogP contribution in [0, 0.1) is 0 Å². The van der Waals surface area contributed by atoms with E-state index in [-0.39, 0.29) is 6.04 Å². The van der Waals surface area contributed by atoms with Gasteiger partial charge in [-0.2, -0.15) is 0 Å². The highest BCUT2D eigenvalue weighted by Gasteiger charge is 2.28. The standard InChI is InChI=1S/C15H12ClN5/c1-9-7-12-17-8-11-15(21(12)20-9)19-14(16)13(18-11)10-5-3-2-4-6-10/h2-9,20H,1H3. The van der Waals surface area contributed by atoms with Crippen LogP contribution in [0.4, 0.5) is 5.82 Å². The number of anilines is 1. The van der Waals surface area contributed by atoms with Gasteiger partial charge in [-0.3, -0.25) is 0 Å². The first-order chi connectivity index (χ1) is 10.2. The molecule has 0 fully saturated rings. The van der Waals surface area contributed by atoms with Crippen LogP contribution < -0.4 is 10.4 Å². The first kappa shape index (κ1) is 12.5. The van der Waals surface area contributed by atoms with E-state index in [4.69, 9.17) is 11.6 Å². The highest BCUT2D eigenvalue weighted by Crippen LogP contribution is 2.32. The third kappa shape index (κ3) is 2.02. The number of rotatable bonds is 1. The number of benzene rings is 1. The lowest BCUT2D eigenvalue weighted by molar-refractivity contribution is 0.663. The van der Waals surface area contributed by atoms with Gasteiger partial charge in [0.15, 0.2) is 11.0 Å². The molecule has 0 radical (unpaired) electrons. The van der Waals surface area contributed by atoms with E-state index in [9.17, 15) is 0 Å². The molecule has 1 aromatic heterocycles. The average molecular weight is 298 g/mol. The summed E-state index contributed by atoms with van der Waals surface area (Å²) in [6.07, 6.45) is 3.76. The number of nitrogens with zero attached hydrogens (tertiary/aromatic N) is 4. The summed E-state index contributed by atoms with van der Waals surface area (Å²) in [5.74, 6) is 1.51. The molecule has 0 aliphatic carbocycles. The second-order valence-electron chi connectivity index (χ2n) is 4.97. The van der Waals surface area contributed by atoms with Crippen molar-refractivity contribution in [2.45, 2.75) is 13.0 Å². The van der Waals surface area contributed by atoms with E-state index in [1.165, 1.54) is 0 Å². The SMILES string of the molecule is CC1C=C2N=Cc3nc(-c4ccccc4)c(Cl)nc3N2N1. The molecule has 1 aromatic carbocycles. The van der Waals surface area contributed by atoms with Crippen LogP contribution in [-0.2, 0) is 0 Å². The molecule has 2 aromatic rings. The monoisotopic (exact) mass is 297 g/mol. The highest BCUT2D eigenvalue weighted by molar-refractivity contribution is 6.32. The Balaban J connectivity index is 1.85. The zero-order valence-electron chi connectivity index (χ0n) is 11.3. The van der Waals surface area contributed by atoms with Gasteiger partial charge in [0.25, 0.3) is 0 Å². The van der Waals surface area contributed by atoms with Crippen LogP contribution in [-0.4, -0.2) is 22.2 Å². The topological polar surface area (TPSA) is 53.4 Å². The summed E-state index contributed by atoms with van der Waals surface area (Å²) in [6.45, 7) is 2.05. The van der Waals surface area contributed by atoms with Crippen molar-refractivity contribution in [2.24, 2.45) is 4.99 Å². The second kappa shape index (κ2) is 4.65. The van der Waals surface area contributed by atoms with Crippen LogP contribution in [0.5, 0.6) is 0 Å². The predicted octanol–water partition coefficient (Wildman–Crippen LogP) is 2.78. The minimum absolute atomic E-state index is 0.206. The van der Waals surface area contributed by atoms with Gasteiger partial charge >= 0.3 is 0 Å². The molecule has 3 heterocycles. The van der Waals surface area contributed by atoms with E-state index in [2.05, 4.69) is 20.4 Å². The number of aliphatic imine (C=N–C) groups is 1. The fraction of sp³-hybridized carbons (Fsp3) is 0.133. The summed E-state index contributed by atoms with van der Waals surface area (Å²) in [7, 11) is 0. The van der Waals surface area contributed by atoms with Crippen LogP contribution in [0.3, 0.4) is 0 Å². The number of aromatic nitrogens is 2. The van der Waals surface area contributed by atoms with E-state index >= 15 is 0 Å². The quantitative estimate of drug-likeness (QED) is 0.879. The highest BCUT2D eigenvalue weighted by atomic mass is 35.5. The van der Waals surface area contributed by atoms with Crippen LogP contribution in [0.1, 0.15) is 12.6 Å². The van der Waals surface area contributed by atoms with Gasteiger partial charge < -0.3 is 0 Å². The molecule has 0 saturated heterocycles. The van der Waals surface area contributed by atoms with Crippen LogP contribution >= 0.6 is 11.6 Å². The summed E-state index contributed by atoms with van der Waals surface area (Å²) in [4.78, 5) is 13.5. The molecular weight excluding hydrogens is 286 g/mol. The maximum atomic E-state index is 6.33. The minimum atomic E-state index is 0.206. The van der Waals surface area contributed by atoms with Gasteiger partial charge in [0.1, 0.15) is 17.2 Å². The summed E-state index contributed by atoms with van der Waals surface area (Å²) >= 11 is 6.33. The third-order valence-corrected chi connectivity index (χ3v) is 3.66. The first-order valence-electron chi connectivity index (χ1n) is 6.67. The maximum absolute atomic E-state index is 6.33. The minimum Gasteiger partial charge on any atom is -0.240 e. The van der Waals surface area contributed by atoms with Gasteiger partial charge in [-0.05, 0) is 13.0 Å². The Bertz CT molecular complexity index is 769. The van der Waals surface area contributed by atoms with Crippen molar-refractivity contribution in [3.63, 3.8) is 0 Å². The molecule has 1 unspecified atom stereocenters. The number of hydrazine groups is 1. The molecule has 1 atom stereocenters. The molecule has 6 heteroatoms. The van der Waals surface area contributed by atoms with Crippen molar-refractivity contribution in [1.82, 2.24) is 15.4 Å². The molecule has 21 heavy (non-hydrogen) atoms. The maximum Gasteiger partial charge on any atom is 0.178 e. The summed E-state index contributed by atoms with van der Waals surface area (Å²) in [5, 5.41) is 2.21. The van der Waals surface area contributed by atoms with E-state index in [0.717, 1.165) is 11.4 Å². The number of halogens is 1. The Hall–Kier alpha value is -2.24. The number of nitrogens with one attached hydrogen (secondary N) is 1. The Morgan fingerprint density at radius 1 is 1.19 bits per heavy atom. The molecule has 0 saturated carbocycles. The Kier molecular flexibility index (Phi) is 2.77. The Labute approximate surface area is 127 Å². The van der Waals surface area contributed by atoms with E-state index in [0.29, 0.717) is 22.4 Å². The van der Waals surface area contributed by atoms with E-state index < -0.39 is 0 Å². The van der Waals surface area contributed by atoms with Crippen LogP contribution in [0.25, 0.3) is 11.3 Å². The fourth-order valence-electron chi connectivity index (χ4n) is 2.45. The smallest absolute Gasteiger partial charge is 0.178 e. The van der Waals surface area contributed by atoms with E-state index in [1.807, 2.05) is 48.3 Å². The lowest BCUT2D eigenvalue weighted by Gasteiger charge is -2.24. The van der Waals surface area contributed by atoms with Crippen molar-refractivity contribution in [1.29, 1.82) is 0 Å². The molecule has 1 N–H and O–H groups in total. The fourth-order valence-corrected chi connectivity index (χ4v) is 2.68. The van der Waals surface area contributed by atoms with Gasteiger partial charge in [-0.15, -0.1) is 0 Å². The van der Waals surface area contributed by atoms with E-state index in [1.54, 1.807) is 6.21 Å². The second-order valence-corrected chi connectivity index (χ2v) is 5.33.